The van der Waals surface area contributed by atoms with Crippen molar-refractivity contribution in [1.82, 2.24) is 20.2 Å². The highest BCUT2D eigenvalue weighted by Crippen LogP contribution is 2.24. The fourth-order valence-electron chi connectivity index (χ4n) is 4.52. The smallest absolute Gasteiger partial charge is 0.307 e. The summed E-state index contributed by atoms with van der Waals surface area (Å²) >= 11 is 0. The van der Waals surface area contributed by atoms with E-state index in [1.54, 1.807) is 0 Å². The first-order valence-corrected chi connectivity index (χ1v) is 12.4. The molecule has 9 nitrogen and oxygen atoms in total. The zero-order valence-electron chi connectivity index (χ0n) is 21.1. The Morgan fingerprint density at radius 2 is 1.74 bits per heavy atom. The number of likely N-dealkylation sites (tertiary alicyclic amines) is 1. The van der Waals surface area contributed by atoms with E-state index in [0.717, 1.165) is 35.3 Å². The number of amides is 1. The molecule has 2 heterocycles. The summed E-state index contributed by atoms with van der Waals surface area (Å²) in [4.78, 5) is 43.1. The number of aromatic hydroxyl groups is 1. The summed E-state index contributed by atoms with van der Waals surface area (Å²) in [6.07, 6.45) is 2.40. The van der Waals surface area contributed by atoms with Crippen molar-refractivity contribution in [3.05, 3.63) is 93.2 Å². The van der Waals surface area contributed by atoms with Gasteiger partial charge in [-0.3, -0.25) is 19.3 Å². The van der Waals surface area contributed by atoms with Gasteiger partial charge in [0.1, 0.15) is 0 Å². The number of carboxylic acid groups (broad SMARTS) is 1. The Balaban J connectivity index is 1.38. The van der Waals surface area contributed by atoms with E-state index in [2.05, 4.69) is 32.0 Å². The molecule has 3 aromatic rings. The second-order valence-corrected chi connectivity index (χ2v) is 9.51. The maximum absolute atomic E-state index is 11.8. The third-order valence-corrected chi connectivity index (χ3v) is 6.61. The first-order valence-electron chi connectivity index (χ1n) is 12.4. The van der Waals surface area contributed by atoms with Crippen molar-refractivity contribution in [1.29, 1.82) is 0 Å². The molecule has 1 aliphatic rings. The summed E-state index contributed by atoms with van der Waals surface area (Å²) < 4.78 is 0. The summed E-state index contributed by atoms with van der Waals surface area (Å²) in [7, 11) is 0. The number of rotatable bonds is 8. The van der Waals surface area contributed by atoms with Crippen LogP contribution >= 0.6 is 0 Å². The minimum Gasteiger partial charge on any atom is -0.502 e. The van der Waals surface area contributed by atoms with Gasteiger partial charge in [-0.25, -0.2) is 4.98 Å². The van der Waals surface area contributed by atoms with Gasteiger partial charge < -0.3 is 20.5 Å². The van der Waals surface area contributed by atoms with Gasteiger partial charge in [0.05, 0.1) is 17.9 Å². The largest absolute Gasteiger partial charge is 0.502 e. The van der Waals surface area contributed by atoms with Crippen LogP contribution in [0.2, 0.25) is 0 Å². The van der Waals surface area contributed by atoms with Crippen LogP contribution in [-0.2, 0) is 22.6 Å². The Kier molecular flexibility index (Phi) is 8.56. The van der Waals surface area contributed by atoms with Crippen molar-refractivity contribution in [3.8, 4) is 17.6 Å². The van der Waals surface area contributed by atoms with E-state index in [-0.39, 0.29) is 30.0 Å². The number of aliphatic carboxylic acids is 1. The quantitative estimate of drug-likeness (QED) is 0.339. The number of H-pyrrole nitrogens is 1. The van der Waals surface area contributed by atoms with Crippen molar-refractivity contribution >= 4 is 11.9 Å². The molecule has 9 heteroatoms. The van der Waals surface area contributed by atoms with E-state index in [4.69, 9.17) is 5.11 Å². The lowest BCUT2D eigenvalue weighted by molar-refractivity contribution is -0.141. The molecule has 0 radical (unpaired) electrons. The van der Waals surface area contributed by atoms with Gasteiger partial charge in [0.25, 0.3) is 5.56 Å². The summed E-state index contributed by atoms with van der Waals surface area (Å²) in [5, 5.41) is 22.1. The summed E-state index contributed by atoms with van der Waals surface area (Å²) in [5.74, 6) is 4.29. The van der Waals surface area contributed by atoms with Crippen LogP contribution < -0.4 is 10.9 Å². The van der Waals surface area contributed by atoms with Crippen LogP contribution in [0.1, 0.15) is 47.2 Å². The van der Waals surface area contributed by atoms with Crippen molar-refractivity contribution in [2.24, 2.45) is 5.92 Å². The van der Waals surface area contributed by atoms with E-state index in [0.29, 0.717) is 19.4 Å². The summed E-state index contributed by atoms with van der Waals surface area (Å²) in [5.41, 5.74) is 3.41. The maximum Gasteiger partial charge on any atom is 0.307 e. The maximum atomic E-state index is 11.8. The Morgan fingerprint density at radius 1 is 1.11 bits per heavy atom. The highest BCUT2D eigenvalue weighted by Gasteiger charge is 2.27. The van der Waals surface area contributed by atoms with Gasteiger partial charge in [-0.2, -0.15) is 0 Å². The van der Waals surface area contributed by atoms with E-state index in [1.165, 1.54) is 13.3 Å². The number of carbonyl (C=O) groups is 2. The first-order chi connectivity index (χ1) is 18.3. The number of aromatic amines is 1. The highest BCUT2D eigenvalue weighted by atomic mass is 16.4. The Labute approximate surface area is 220 Å². The van der Waals surface area contributed by atoms with Gasteiger partial charge in [0, 0.05) is 43.6 Å². The third-order valence-electron chi connectivity index (χ3n) is 6.61. The van der Waals surface area contributed by atoms with Gasteiger partial charge >= 0.3 is 5.97 Å². The highest BCUT2D eigenvalue weighted by molar-refractivity contribution is 5.72. The topological polar surface area (TPSA) is 136 Å². The minimum atomic E-state index is -0.722. The van der Waals surface area contributed by atoms with E-state index in [9.17, 15) is 19.5 Å². The number of hydrogen-bond acceptors (Lipinski definition) is 6. The summed E-state index contributed by atoms with van der Waals surface area (Å²) in [6.45, 7) is 3.75. The molecule has 1 aliphatic heterocycles. The lowest BCUT2D eigenvalue weighted by Crippen LogP contribution is -2.28. The monoisotopic (exact) mass is 514 g/mol. The fourth-order valence-corrected chi connectivity index (χ4v) is 4.52. The van der Waals surface area contributed by atoms with Crippen LogP contribution in [0, 0.1) is 17.8 Å². The molecule has 2 aromatic carbocycles. The predicted octanol–water partition coefficient (Wildman–Crippen LogP) is 2.24. The zero-order valence-corrected chi connectivity index (χ0v) is 21.1. The number of hydrogen-bond donors (Lipinski definition) is 4. The number of benzene rings is 2. The van der Waals surface area contributed by atoms with E-state index in [1.807, 2.05) is 48.5 Å². The molecule has 0 bridgehead atoms. The van der Waals surface area contributed by atoms with E-state index < -0.39 is 17.3 Å². The molecule has 0 saturated carbocycles. The van der Waals surface area contributed by atoms with Crippen molar-refractivity contribution in [3.63, 3.8) is 0 Å². The molecule has 1 amide bonds. The average molecular weight is 515 g/mol. The number of carboxylic acids is 1. The van der Waals surface area contributed by atoms with Crippen molar-refractivity contribution in [2.75, 3.05) is 19.6 Å². The molecule has 196 valence electrons. The molecule has 4 rings (SSSR count). The van der Waals surface area contributed by atoms with E-state index >= 15 is 0 Å². The normalized spacial score (nSPS) is 15.9. The van der Waals surface area contributed by atoms with Crippen LogP contribution in [-0.4, -0.2) is 56.6 Å². The van der Waals surface area contributed by atoms with Gasteiger partial charge in [-0.1, -0.05) is 36.1 Å². The first kappa shape index (κ1) is 26.6. The van der Waals surface area contributed by atoms with Gasteiger partial charge in [0.15, 0.2) is 0 Å². The number of carbonyl (C=O) groups excluding carboxylic acids is 1. The summed E-state index contributed by atoms with van der Waals surface area (Å²) in [6, 6.07) is 15.7. The average Bonchev–Trinajstić information content (AvgIpc) is 3.37. The molecule has 38 heavy (non-hydrogen) atoms. The fraction of sp³-hybridized carbons (Fsp3) is 0.310. The SMILES string of the molecule is CC(=O)NCC(Cc1ccc(C#Cc2ccc(CN3CCC(C(=O)O)C3)cc2)cc1)c1nc[nH]c(=O)c1O. The molecule has 0 spiro atoms. The minimum absolute atomic E-state index is 0.208. The molecule has 1 fully saturated rings. The van der Waals surface area contributed by atoms with Gasteiger partial charge in [0.2, 0.25) is 11.7 Å². The second kappa shape index (κ2) is 12.2. The van der Waals surface area contributed by atoms with Crippen molar-refractivity contribution in [2.45, 2.75) is 32.2 Å². The molecular formula is C29H30N4O5. The van der Waals surface area contributed by atoms with Crippen LogP contribution in [0.3, 0.4) is 0 Å². The molecular weight excluding hydrogens is 484 g/mol. The van der Waals surface area contributed by atoms with Gasteiger partial charge in [-0.05, 0) is 54.8 Å². The molecule has 2 unspecified atom stereocenters. The Morgan fingerprint density at radius 3 is 2.32 bits per heavy atom. The van der Waals surface area contributed by atoms with Crippen LogP contribution in [0.25, 0.3) is 0 Å². The lowest BCUT2D eigenvalue weighted by Gasteiger charge is -2.17. The number of nitrogens with zero attached hydrogens (tertiary/aromatic N) is 2. The number of nitrogens with one attached hydrogen (secondary N) is 2. The lowest BCUT2D eigenvalue weighted by atomic mass is 9.94. The van der Waals surface area contributed by atoms with Crippen molar-refractivity contribution < 1.29 is 19.8 Å². The third kappa shape index (κ3) is 7.08. The molecule has 4 N–H and O–H groups in total. The van der Waals surface area contributed by atoms with Crippen LogP contribution in [0.4, 0.5) is 0 Å². The van der Waals surface area contributed by atoms with Crippen LogP contribution in [0.15, 0.2) is 59.7 Å². The standard InChI is InChI=1S/C29H30N4O5/c1-19(34)30-15-25(26-27(35)28(36)32-18-31-26)14-22-8-4-20(5-9-22)2-3-21-6-10-23(11-7-21)16-33-13-12-24(17-33)29(37)38/h4-11,18,24-25,35H,12-17H2,1H3,(H,30,34)(H,37,38)(H,31,32,36). The molecule has 0 aliphatic carbocycles. The van der Waals surface area contributed by atoms with Gasteiger partial charge in [-0.15, -0.1) is 0 Å². The molecule has 2 atom stereocenters. The molecule has 1 aromatic heterocycles. The molecule has 1 saturated heterocycles. The zero-order chi connectivity index (χ0) is 27.1. The number of aromatic nitrogens is 2. The predicted molar refractivity (Wildman–Crippen MR) is 142 cm³/mol. The van der Waals surface area contributed by atoms with Crippen LogP contribution in [0.5, 0.6) is 5.75 Å². The Bertz CT molecular complexity index is 1400. The Hall–Kier alpha value is -4.42. The second-order valence-electron chi connectivity index (χ2n) is 9.51.